The Bertz CT molecular complexity index is 163. The zero-order valence-corrected chi connectivity index (χ0v) is 9.73. The average Bonchev–Trinajstić information content (AvgIpc) is 2.00. The number of carbonyl (C=O) groups excluding carboxylic acids is 1. The second-order valence-corrected chi connectivity index (χ2v) is 5.03. The van der Waals surface area contributed by atoms with Crippen molar-refractivity contribution in [2.24, 2.45) is 11.1 Å². The molecule has 0 aliphatic heterocycles. The molecule has 2 nitrogen and oxygen atoms in total. The molecular weight excluding hydrogens is 182 g/mol. The summed E-state index contributed by atoms with van der Waals surface area (Å²) >= 11 is 3.99. The van der Waals surface area contributed by atoms with Gasteiger partial charge in [-0.15, -0.1) is 0 Å². The first kappa shape index (κ1) is 13.0. The van der Waals surface area contributed by atoms with Gasteiger partial charge in [0.25, 0.3) is 0 Å². The molecular formula is C10H21NOS. The Balaban J connectivity index is 3.60. The van der Waals surface area contributed by atoms with Crippen molar-refractivity contribution in [2.75, 3.05) is 5.75 Å². The number of thiol groups is 1. The van der Waals surface area contributed by atoms with Gasteiger partial charge >= 0.3 is 0 Å². The lowest BCUT2D eigenvalue weighted by molar-refractivity contribution is -0.120. The van der Waals surface area contributed by atoms with Crippen LogP contribution in [-0.4, -0.2) is 17.6 Å². The zero-order valence-electron chi connectivity index (χ0n) is 8.84. The summed E-state index contributed by atoms with van der Waals surface area (Å²) in [6, 6.07) is -0.372. The maximum atomic E-state index is 11.3. The number of nitrogens with two attached hydrogens (primary N) is 1. The van der Waals surface area contributed by atoms with Crippen molar-refractivity contribution in [3.05, 3.63) is 0 Å². The third-order valence-electron chi connectivity index (χ3n) is 1.96. The van der Waals surface area contributed by atoms with Crippen molar-refractivity contribution in [3.63, 3.8) is 0 Å². The third kappa shape index (κ3) is 7.08. The standard InChI is InChI=1S/C10H21NOS/c1-10(2,3)6-4-5-9(12)8(11)7-13/h8,13H,4-7,11H2,1-3H3/t8-/m0/s1. The first-order valence-corrected chi connectivity index (χ1v) is 5.39. The summed E-state index contributed by atoms with van der Waals surface area (Å²) < 4.78 is 0. The molecule has 3 heteroatoms. The van der Waals surface area contributed by atoms with E-state index >= 15 is 0 Å². The van der Waals surface area contributed by atoms with Crippen LogP contribution in [-0.2, 0) is 4.79 Å². The van der Waals surface area contributed by atoms with Crippen LogP contribution in [0.2, 0.25) is 0 Å². The van der Waals surface area contributed by atoms with Crippen molar-refractivity contribution in [2.45, 2.75) is 46.1 Å². The molecule has 0 aliphatic rings. The zero-order chi connectivity index (χ0) is 10.5. The summed E-state index contributed by atoms with van der Waals surface area (Å²) in [5.41, 5.74) is 5.85. The summed E-state index contributed by atoms with van der Waals surface area (Å²) in [5.74, 6) is 0.591. The summed E-state index contributed by atoms with van der Waals surface area (Å²) in [7, 11) is 0. The second-order valence-electron chi connectivity index (χ2n) is 4.67. The maximum Gasteiger partial charge on any atom is 0.150 e. The Labute approximate surface area is 86.7 Å². The van der Waals surface area contributed by atoms with Crippen molar-refractivity contribution >= 4 is 18.4 Å². The largest absolute Gasteiger partial charge is 0.321 e. The predicted octanol–water partition coefficient (Wildman–Crippen LogP) is 2.03. The Kier molecular flexibility index (Phi) is 5.65. The minimum Gasteiger partial charge on any atom is -0.321 e. The van der Waals surface area contributed by atoms with E-state index in [1.807, 2.05) is 0 Å². The molecule has 0 bridgehead atoms. The van der Waals surface area contributed by atoms with Gasteiger partial charge in [0.15, 0.2) is 0 Å². The average molecular weight is 203 g/mol. The van der Waals surface area contributed by atoms with Gasteiger partial charge in [0.05, 0.1) is 6.04 Å². The fourth-order valence-corrected chi connectivity index (χ4v) is 1.28. The molecule has 78 valence electrons. The van der Waals surface area contributed by atoms with Crippen molar-refractivity contribution in [1.29, 1.82) is 0 Å². The molecule has 0 amide bonds. The van der Waals surface area contributed by atoms with Gasteiger partial charge in [-0.25, -0.2) is 0 Å². The number of hydrogen-bond acceptors (Lipinski definition) is 3. The van der Waals surface area contributed by atoms with E-state index in [0.717, 1.165) is 12.8 Å². The smallest absolute Gasteiger partial charge is 0.150 e. The third-order valence-corrected chi connectivity index (χ3v) is 2.35. The molecule has 13 heavy (non-hydrogen) atoms. The Morgan fingerprint density at radius 2 is 2.00 bits per heavy atom. The molecule has 0 saturated carbocycles. The van der Waals surface area contributed by atoms with Crippen LogP contribution in [0.3, 0.4) is 0 Å². The molecule has 0 spiro atoms. The van der Waals surface area contributed by atoms with Crippen LogP contribution < -0.4 is 5.73 Å². The van der Waals surface area contributed by atoms with Gasteiger partial charge in [0, 0.05) is 12.2 Å². The SMILES string of the molecule is CC(C)(C)CCCC(=O)[C@@H](N)CS. The fraction of sp³-hybridized carbons (Fsp3) is 0.900. The molecule has 1 atom stereocenters. The van der Waals surface area contributed by atoms with Gasteiger partial charge in [-0.1, -0.05) is 20.8 Å². The van der Waals surface area contributed by atoms with E-state index in [0.29, 0.717) is 17.6 Å². The summed E-state index contributed by atoms with van der Waals surface area (Å²) in [5, 5.41) is 0. The number of hydrogen-bond donors (Lipinski definition) is 2. The molecule has 0 aliphatic carbocycles. The van der Waals surface area contributed by atoms with E-state index in [4.69, 9.17) is 5.73 Å². The molecule has 0 radical (unpaired) electrons. The monoisotopic (exact) mass is 203 g/mol. The molecule has 0 aromatic rings. The highest BCUT2D eigenvalue weighted by molar-refractivity contribution is 7.80. The van der Waals surface area contributed by atoms with Crippen molar-refractivity contribution in [3.8, 4) is 0 Å². The van der Waals surface area contributed by atoms with Crippen LogP contribution in [0.1, 0.15) is 40.0 Å². The number of rotatable bonds is 5. The molecule has 0 saturated heterocycles. The first-order valence-electron chi connectivity index (χ1n) is 4.76. The summed E-state index contributed by atoms with van der Waals surface area (Å²) in [6.07, 6.45) is 2.60. The van der Waals surface area contributed by atoms with Crippen molar-refractivity contribution < 1.29 is 4.79 Å². The quantitative estimate of drug-likeness (QED) is 0.671. The van der Waals surface area contributed by atoms with Crippen LogP contribution in [0, 0.1) is 5.41 Å². The minimum atomic E-state index is -0.372. The number of Topliss-reactive ketones (excluding diaryl/α,β-unsaturated/α-hetero) is 1. The lowest BCUT2D eigenvalue weighted by atomic mass is 9.89. The van der Waals surface area contributed by atoms with E-state index in [-0.39, 0.29) is 11.8 Å². The van der Waals surface area contributed by atoms with E-state index < -0.39 is 0 Å². The van der Waals surface area contributed by atoms with E-state index in [1.54, 1.807) is 0 Å². The normalized spacial score (nSPS) is 14.2. The van der Waals surface area contributed by atoms with Gasteiger partial charge in [-0.05, 0) is 18.3 Å². The maximum absolute atomic E-state index is 11.3. The van der Waals surface area contributed by atoms with Crippen LogP contribution in [0.4, 0.5) is 0 Å². The van der Waals surface area contributed by atoms with Crippen molar-refractivity contribution in [1.82, 2.24) is 0 Å². The molecule has 2 N–H and O–H groups in total. The molecule has 0 heterocycles. The van der Waals surface area contributed by atoms with Gasteiger partial charge in [0.1, 0.15) is 5.78 Å². The van der Waals surface area contributed by atoms with Crippen LogP contribution >= 0.6 is 12.6 Å². The fourth-order valence-electron chi connectivity index (χ4n) is 1.08. The minimum absolute atomic E-state index is 0.138. The molecule has 0 unspecified atom stereocenters. The molecule has 0 aromatic carbocycles. The Morgan fingerprint density at radius 3 is 2.38 bits per heavy atom. The lowest BCUT2D eigenvalue weighted by Crippen LogP contribution is -2.32. The Morgan fingerprint density at radius 1 is 1.46 bits per heavy atom. The van der Waals surface area contributed by atoms with Crippen LogP contribution in [0.15, 0.2) is 0 Å². The number of carbonyl (C=O) groups is 1. The molecule has 0 fully saturated rings. The molecule has 0 aromatic heterocycles. The van der Waals surface area contributed by atoms with Gasteiger partial charge in [0.2, 0.25) is 0 Å². The predicted molar refractivity (Wildman–Crippen MR) is 60.1 cm³/mol. The second kappa shape index (κ2) is 5.66. The van der Waals surface area contributed by atoms with E-state index in [2.05, 4.69) is 33.4 Å². The Hall–Kier alpha value is -0.0200. The highest BCUT2D eigenvalue weighted by atomic mass is 32.1. The first-order chi connectivity index (χ1) is 5.87. The van der Waals surface area contributed by atoms with Gasteiger partial charge < -0.3 is 5.73 Å². The summed E-state index contributed by atoms with van der Waals surface area (Å²) in [6.45, 7) is 6.53. The number of ketones is 1. The highest BCUT2D eigenvalue weighted by Crippen LogP contribution is 2.21. The topological polar surface area (TPSA) is 43.1 Å². The summed E-state index contributed by atoms with van der Waals surface area (Å²) in [4.78, 5) is 11.3. The van der Waals surface area contributed by atoms with Gasteiger partial charge in [-0.2, -0.15) is 12.6 Å². The highest BCUT2D eigenvalue weighted by Gasteiger charge is 2.14. The molecule has 0 rings (SSSR count). The van der Waals surface area contributed by atoms with E-state index in [1.165, 1.54) is 0 Å². The van der Waals surface area contributed by atoms with Crippen LogP contribution in [0.5, 0.6) is 0 Å². The lowest BCUT2D eigenvalue weighted by Gasteiger charge is -2.17. The van der Waals surface area contributed by atoms with Gasteiger partial charge in [-0.3, -0.25) is 4.79 Å². The van der Waals surface area contributed by atoms with Crippen LogP contribution in [0.25, 0.3) is 0 Å². The van der Waals surface area contributed by atoms with E-state index in [9.17, 15) is 4.79 Å².